The number of carbonyl (C=O) groups excluding carboxylic acids is 1. The van der Waals surface area contributed by atoms with Gasteiger partial charge in [-0.3, -0.25) is 4.79 Å². The number of primary sulfonamides is 1. The number of hydrogen-bond acceptors (Lipinski definition) is 5. The lowest BCUT2D eigenvalue weighted by Gasteiger charge is -2.17. The van der Waals surface area contributed by atoms with Gasteiger partial charge >= 0.3 is 0 Å². The third kappa shape index (κ3) is 3.25. The summed E-state index contributed by atoms with van der Waals surface area (Å²) in [6, 6.07) is 9.08. The maximum Gasteiger partial charge on any atom is 0.252 e. The van der Waals surface area contributed by atoms with Crippen molar-refractivity contribution in [3.63, 3.8) is 0 Å². The second kappa shape index (κ2) is 6.84. The fourth-order valence-corrected chi connectivity index (χ4v) is 4.80. The van der Waals surface area contributed by atoms with Gasteiger partial charge in [0.25, 0.3) is 5.91 Å². The zero-order valence-electron chi connectivity index (χ0n) is 15.6. The van der Waals surface area contributed by atoms with Gasteiger partial charge in [0.05, 0.1) is 10.9 Å². The predicted molar refractivity (Wildman–Crippen MR) is 111 cm³/mol. The summed E-state index contributed by atoms with van der Waals surface area (Å²) in [5, 5.41) is 12.4. The van der Waals surface area contributed by atoms with Gasteiger partial charge in [0, 0.05) is 33.5 Å². The highest BCUT2D eigenvalue weighted by Crippen LogP contribution is 2.40. The monoisotopic (exact) mass is 457 g/mol. The lowest BCUT2D eigenvalue weighted by atomic mass is 9.95. The Morgan fingerprint density at radius 3 is 2.71 bits per heavy atom. The number of nitrogens with one attached hydrogen (secondary N) is 1. The van der Waals surface area contributed by atoms with Crippen LogP contribution in [-0.2, 0) is 10.0 Å². The molecule has 0 spiro atoms. The summed E-state index contributed by atoms with van der Waals surface area (Å²) in [6.45, 7) is 0. The third-order valence-corrected chi connectivity index (χ3v) is 6.43. The molecule has 1 aliphatic heterocycles. The number of fused-ring (bicyclic) bond motifs is 2. The minimum Gasteiger partial charge on any atom is -0.341 e. The van der Waals surface area contributed by atoms with Crippen LogP contribution in [0.4, 0.5) is 4.39 Å². The first kappa shape index (κ1) is 19.6. The van der Waals surface area contributed by atoms with E-state index in [1.807, 2.05) is 0 Å². The molecule has 1 amide bonds. The van der Waals surface area contributed by atoms with Crippen molar-refractivity contribution in [1.82, 2.24) is 19.9 Å². The van der Waals surface area contributed by atoms with Crippen molar-refractivity contribution in [2.75, 3.05) is 0 Å². The molecule has 4 aromatic rings. The van der Waals surface area contributed by atoms with Crippen LogP contribution in [0.3, 0.4) is 0 Å². The number of nitrogens with zero attached hydrogens (tertiary/aromatic N) is 3. The van der Waals surface area contributed by atoms with Crippen LogP contribution in [0.2, 0.25) is 5.02 Å². The van der Waals surface area contributed by atoms with E-state index >= 15 is 0 Å². The van der Waals surface area contributed by atoms with Crippen LogP contribution in [0.5, 0.6) is 0 Å². The van der Waals surface area contributed by atoms with Crippen LogP contribution in [-0.4, -0.2) is 28.9 Å². The summed E-state index contributed by atoms with van der Waals surface area (Å²) in [5.41, 5.74) is 2.13. The zero-order chi connectivity index (χ0) is 21.9. The van der Waals surface area contributed by atoms with E-state index in [0.29, 0.717) is 16.8 Å². The normalized spacial score (nSPS) is 15.8. The van der Waals surface area contributed by atoms with Crippen LogP contribution in [0.1, 0.15) is 27.5 Å². The molecule has 3 N–H and O–H groups in total. The van der Waals surface area contributed by atoms with E-state index < -0.39 is 27.8 Å². The van der Waals surface area contributed by atoms with Gasteiger partial charge in [-0.1, -0.05) is 11.6 Å². The van der Waals surface area contributed by atoms with Gasteiger partial charge in [-0.05, 0) is 48.0 Å². The largest absolute Gasteiger partial charge is 0.341 e. The Morgan fingerprint density at radius 2 is 1.94 bits per heavy atom. The Bertz CT molecular complexity index is 1500. The first-order valence-electron chi connectivity index (χ1n) is 8.99. The minimum absolute atomic E-state index is 0.116. The smallest absolute Gasteiger partial charge is 0.252 e. The molecule has 31 heavy (non-hydrogen) atoms. The number of hydrogen-bond donors (Lipinski definition) is 2. The lowest BCUT2D eigenvalue weighted by molar-refractivity contribution is 0.0960. The molecule has 1 aliphatic rings. The highest BCUT2D eigenvalue weighted by Gasteiger charge is 2.36. The molecule has 0 radical (unpaired) electrons. The van der Waals surface area contributed by atoms with E-state index in [2.05, 4.69) is 15.4 Å². The molecule has 0 fully saturated rings. The van der Waals surface area contributed by atoms with Crippen LogP contribution in [0, 0.1) is 5.82 Å². The second-order valence-electron chi connectivity index (χ2n) is 7.03. The number of aromatic nitrogens is 3. The number of pyridine rings is 1. The van der Waals surface area contributed by atoms with Crippen LogP contribution >= 0.6 is 11.6 Å². The Labute approximate surface area is 180 Å². The van der Waals surface area contributed by atoms with E-state index in [9.17, 15) is 17.6 Å². The van der Waals surface area contributed by atoms with Crippen molar-refractivity contribution < 1.29 is 17.6 Å². The Hall–Kier alpha value is -3.34. The molecule has 2 aromatic carbocycles. The third-order valence-electron chi connectivity index (χ3n) is 5.13. The van der Waals surface area contributed by atoms with Crippen LogP contribution in [0.15, 0.2) is 59.9 Å². The zero-order valence-corrected chi connectivity index (χ0v) is 17.2. The van der Waals surface area contributed by atoms with Gasteiger partial charge in [-0.2, -0.15) is 5.10 Å². The molecule has 0 saturated carbocycles. The second-order valence-corrected chi connectivity index (χ2v) is 8.97. The SMILES string of the molecule is NS(=O)(=O)c1cc(-c2ccc3ncnn3c2)cc2c1C(c1cc(F)ccc1Cl)NC2=O. The number of nitrogens with two attached hydrogens (primary N) is 1. The fraction of sp³-hybridized carbons (Fsp3) is 0.0500. The minimum atomic E-state index is -4.24. The molecule has 5 rings (SSSR count). The van der Waals surface area contributed by atoms with E-state index in [1.165, 1.54) is 29.0 Å². The molecule has 2 aromatic heterocycles. The predicted octanol–water partition coefficient (Wildman–Crippen LogP) is 2.67. The van der Waals surface area contributed by atoms with Crippen molar-refractivity contribution in [2.45, 2.75) is 10.9 Å². The molecule has 0 saturated heterocycles. The van der Waals surface area contributed by atoms with Gasteiger partial charge in [-0.25, -0.2) is 27.4 Å². The molecular weight excluding hydrogens is 445 g/mol. The Kier molecular flexibility index (Phi) is 4.33. The van der Waals surface area contributed by atoms with Gasteiger partial charge in [0.1, 0.15) is 12.1 Å². The lowest BCUT2D eigenvalue weighted by Crippen LogP contribution is -2.22. The summed E-state index contributed by atoms with van der Waals surface area (Å²) < 4.78 is 40.4. The molecule has 0 aliphatic carbocycles. The molecule has 8 nitrogen and oxygen atoms in total. The van der Waals surface area contributed by atoms with Gasteiger partial charge in [0.15, 0.2) is 5.65 Å². The molecule has 156 valence electrons. The number of amides is 1. The van der Waals surface area contributed by atoms with Crippen molar-refractivity contribution in [3.05, 3.63) is 82.5 Å². The number of benzene rings is 2. The van der Waals surface area contributed by atoms with Gasteiger partial charge < -0.3 is 5.32 Å². The Morgan fingerprint density at radius 1 is 1.13 bits per heavy atom. The first-order valence-corrected chi connectivity index (χ1v) is 10.9. The molecule has 3 heterocycles. The fourth-order valence-electron chi connectivity index (χ4n) is 3.75. The number of halogens is 2. The van der Waals surface area contributed by atoms with Crippen LogP contribution < -0.4 is 10.5 Å². The van der Waals surface area contributed by atoms with E-state index in [1.54, 1.807) is 24.4 Å². The van der Waals surface area contributed by atoms with E-state index in [4.69, 9.17) is 16.7 Å². The summed E-state index contributed by atoms with van der Waals surface area (Å²) >= 11 is 6.21. The van der Waals surface area contributed by atoms with Crippen molar-refractivity contribution in [3.8, 4) is 11.1 Å². The summed E-state index contributed by atoms with van der Waals surface area (Å²) in [5.74, 6) is -1.09. The van der Waals surface area contributed by atoms with Gasteiger partial charge in [-0.15, -0.1) is 0 Å². The highest BCUT2D eigenvalue weighted by molar-refractivity contribution is 7.89. The summed E-state index contributed by atoms with van der Waals surface area (Å²) in [4.78, 5) is 16.6. The molecule has 1 unspecified atom stereocenters. The standard InChI is InChI=1S/C20H13ClFN5O3S/c21-15-3-2-12(22)7-13(15)19-18-14(20(28)26-19)5-11(6-16(18)31(23,29)30)10-1-4-17-24-9-25-27(17)8-10/h1-9,19H,(H,26,28)(H2,23,29,30). The molecule has 11 heteroatoms. The molecule has 0 bridgehead atoms. The molecule has 1 atom stereocenters. The van der Waals surface area contributed by atoms with Crippen LogP contribution in [0.25, 0.3) is 16.8 Å². The molecular formula is C20H13ClFN5O3S. The quantitative estimate of drug-likeness (QED) is 0.490. The average Bonchev–Trinajstić information content (AvgIpc) is 3.32. The first-order chi connectivity index (χ1) is 14.7. The summed E-state index contributed by atoms with van der Waals surface area (Å²) in [7, 11) is -4.24. The maximum atomic E-state index is 13.9. The number of carbonyl (C=O) groups is 1. The number of rotatable bonds is 3. The van der Waals surface area contributed by atoms with Crippen molar-refractivity contribution in [1.29, 1.82) is 0 Å². The Balaban J connectivity index is 1.76. The van der Waals surface area contributed by atoms with Gasteiger partial charge in [0.2, 0.25) is 10.0 Å². The van der Waals surface area contributed by atoms with Crippen molar-refractivity contribution in [2.24, 2.45) is 5.14 Å². The number of sulfonamides is 1. The van der Waals surface area contributed by atoms with E-state index in [-0.39, 0.29) is 26.6 Å². The summed E-state index contributed by atoms with van der Waals surface area (Å²) in [6.07, 6.45) is 3.04. The van der Waals surface area contributed by atoms with Crippen molar-refractivity contribution >= 4 is 33.2 Å². The average molecular weight is 458 g/mol. The van der Waals surface area contributed by atoms with E-state index in [0.717, 1.165) is 6.07 Å². The maximum absolute atomic E-state index is 13.9. The topological polar surface area (TPSA) is 119 Å². The highest BCUT2D eigenvalue weighted by atomic mass is 35.5.